The number of amides is 2. The summed E-state index contributed by atoms with van der Waals surface area (Å²) in [7, 11) is 0. The molecular weight excluding hydrogens is 340 g/mol. The van der Waals surface area contributed by atoms with Gasteiger partial charge >= 0.3 is 0 Å². The molecule has 3 aromatic rings. The highest BCUT2D eigenvalue weighted by Crippen LogP contribution is 2.13. The number of carbonyl (C=O) groups excluding carboxylic acids is 2. The van der Waals surface area contributed by atoms with Gasteiger partial charge in [0.2, 0.25) is 5.91 Å². The highest BCUT2D eigenvalue weighted by atomic mass is 16.2. The molecule has 0 spiro atoms. The molecule has 2 amide bonds. The lowest BCUT2D eigenvalue weighted by Crippen LogP contribution is -2.33. The topological polar surface area (TPSA) is 81.2 Å². The Morgan fingerprint density at radius 3 is 2.33 bits per heavy atom. The maximum Gasteiger partial charge on any atom is 0.254 e. The van der Waals surface area contributed by atoms with Gasteiger partial charge in [0.05, 0.1) is 6.54 Å². The molecule has 1 aromatic heterocycles. The first-order valence-electron chi connectivity index (χ1n) is 8.79. The van der Waals surface area contributed by atoms with Gasteiger partial charge in [0.1, 0.15) is 0 Å². The van der Waals surface area contributed by atoms with E-state index in [1.165, 1.54) is 0 Å². The molecule has 138 valence electrons. The van der Waals surface area contributed by atoms with E-state index in [1.807, 2.05) is 71.5 Å². The Balaban J connectivity index is 1.72. The molecule has 0 unspecified atom stereocenters. The van der Waals surface area contributed by atoms with E-state index in [0.29, 0.717) is 18.7 Å². The predicted octanol–water partition coefficient (Wildman–Crippen LogP) is 2.45. The molecular formula is C21H22N4O2. The molecule has 0 aliphatic heterocycles. The summed E-state index contributed by atoms with van der Waals surface area (Å²) in [5, 5.41) is 4.18. The van der Waals surface area contributed by atoms with Crippen molar-refractivity contribution in [1.29, 1.82) is 0 Å². The van der Waals surface area contributed by atoms with Crippen LogP contribution in [0.15, 0.2) is 73.1 Å². The average molecular weight is 362 g/mol. The average Bonchev–Trinajstić information content (AvgIpc) is 3.19. The van der Waals surface area contributed by atoms with Crippen molar-refractivity contribution < 1.29 is 9.59 Å². The van der Waals surface area contributed by atoms with Gasteiger partial charge in [-0.15, -0.1) is 0 Å². The van der Waals surface area contributed by atoms with E-state index in [4.69, 9.17) is 5.73 Å². The van der Waals surface area contributed by atoms with Crippen LogP contribution < -0.4 is 5.73 Å². The number of nitrogens with zero attached hydrogens (tertiary/aromatic N) is 3. The quantitative estimate of drug-likeness (QED) is 0.668. The number of aromatic nitrogens is 2. The van der Waals surface area contributed by atoms with Gasteiger partial charge < -0.3 is 10.6 Å². The fourth-order valence-corrected chi connectivity index (χ4v) is 2.82. The van der Waals surface area contributed by atoms with E-state index in [0.717, 1.165) is 11.1 Å². The van der Waals surface area contributed by atoms with Crippen LogP contribution in [0.2, 0.25) is 0 Å². The standard InChI is InChI=1S/C21H22N4O2/c22-20(26)11-14-24(15-17-5-2-1-3-6-17)21(27)19-9-7-18(8-10-19)16-25-13-4-12-23-25/h1-10,12-13H,11,14-16H2,(H2,22,26). The number of primary amides is 1. The van der Waals surface area contributed by atoms with Gasteiger partial charge in [0.15, 0.2) is 0 Å². The summed E-state index contributed by atoms with van der Waals surface area (Å²) in [6.45, 7) is 1.37. The largest absolute Gasteiger partial charge is 0.370 e. The van der Waals surface area contributed by atoms with Crippen LogP contribution in [-0.2, 0) is 17.9 Å². The zero-order valence-corrected chi connectivity index (χ0v) is 15.0. The van der Waals surface area contributed by atoms with Crippen molar-refractivity contribution in [2.45, 2.75) is 19.5 Å². The van der Waals surface area contributed by atoms with Crippen LogP contribution in [0.5, 0.6) is 0 Å². The summed E-state index contributed by atoms with van der Waals surface area (Å²) in [6.07, 6.45) is 3.76. The second-order valence-corrected chi connectivity index (χ2v) is 6.33. The second-order valence-electron chi connectivity index (χ2n) is 6.33. The molecule has 3 rings (SSSR count). The minimum Gasteiger partial charge on any atom is -0.370 e. The molecule has 2 aromatic carbocycles. The van der Waals surface area contributed by atoms with Crippen molar-refractivity contribution in [3.05, 3.63) is 89.7 Å². The summed E-state index contributed by atoms with van der Waals surface area (Å²) in [6, 6.07) is 19.0. The number of hydrogen-bond donors (Lipinski definition) is 1. The molecule has 2 N–H and O–H groups in total. The minimum absolute atomic E-state index is 0.120. The van der Waals surface area contributed by atoms with E-state index in [-0.39, 0.29) is 18.9 Å². The third kappa shape index (κ3) is 5.28. The third-order valence-electron chi connectivity index (χ3n) is 4.24. The SMILES string of the molecule is NC(=O)CCN(Cc1ccccc1)C(=O)c1ccc(Cn2cccn2)cc1. The first-order valence-corrected chi connectivity index (χ1v) is 8.79. The Labute approximate surface area is 158 Å². The van der Waals surface area contributed by atoms with Gasteiger partial charge in [0.25, 0.3) is 5.91 Å². The van der Waals surface area contributed by atoms with Crippen LogP contribution in [-0.4, -0.2) is 33.0 Å². The van der Waals surface area contributed by atoms with Gasteiger partial charge in [-0.2, -0.15) is 5.10 Å². The van der Waals surface area contributed by atoms with E-state index in [2.05, 4.69) is 5.10 Å². The fourth-order valence-electron chi connectivity index (χ4n) is 2.82. The Bertz CT molecular complexity index is 874. The summed E-state index contributed by atoms with van der Waals surface area (Å²) in [5.74, 6) is -0.541. The van der Waals surface area contributed by atoms with E-state index < -0.39 is 5.91 Å². The highest BCUT2D eigenvalue weighted by molar-refractivity contribution is 5.94. The van der Waals surface area contributed by atoms with E-state index in [1.54, 1.807) is 11.1 Å². The molecule has 0 saturated heterocycles. The lowest BCUT2D eigenvalue weighted by Gasteiger charge is -2.22. The van der Waals surface area contributed by atoms with Crippen molar-refractivity contribution in [2.24, 2.45) is 5.73 Å². The molecule has 6 heteroatoms. The molecule has 0 atom stereocenters. The van der Waals surface area contributed by atoms with Gasteiger partial charge in [-0.25, -0.2) is 0 Å². The van der Waals surface area contributed by atoms with Crippen molar-refractivity contribution in [3.63, 3.8) is 0 Å². The molecule has 0 radical (unpaired) electrons. The number of rotatable bonds is 8. The van der Waals surface area contributed by atoms with Crippen molar-refractivity contribution in [3.8, 4) is 0 Å². The maximum absolute atomic E-state index is 12.9. The van der Waals surface area contributed by atoms with Gasteiger partial charge in [-0.1, -0.05) is 42.5 Å². The molecule has 27 heavy (non-hydrogen) atoms. The number of hydrogen-bond acceptors (Lipinski definition) is 3. The Kier molecular flexibility index (Phi) is 5.99. The van der Waals surface area contributed by atoms with Gasteiger partial charge in [-0.05, 0) is 29.3 Å². The van der Waals surface area contributed by atoms with Crippen molar-refractivity contribution in [1.82, 2.24) is 14.7 Å². The Morgan fingerprint density at radius 2 is 1.70 bits per heavy atom. The van der Waals surface area contributed by atoms with Gasteiger partial charge in [0, 0.05) is 37.5 Å². The molecule has 0 aliphatic carbocycles. The van der Waals surface area contributed by atoms with Crippen LogP contribution >= 0.6 is 0 Å². The number of nitrogens with two attached hydrogens (primary N) is 1. The van der Waals surface area contributed by atoms with Gasteiger partial charge in [-0.3, -0.25) is 14.3 Å². The van der Waals surface area contributed by atoms with Crippen molar-refractivity contribution >= 4 is 11.8 Å². The molecule has 0 fully saturated rings. The zero-order valence-electron chi connectivity index (χ0n) is 15.0. The highest BCUT2D eigenvalue weighted by Gasteiger charge is 2.17. The molecule has 0 aliphatic rings. The third-order valence-corrected chi connectivity index (χ3v) is 4.24. The smallest absolute Gasteiger partial charge is 0.254 e. The summed E-state index contributed by atoms with van der Waals surface area (Å²) < 4.78 is 1.82. The normalized spacial score (nSPS) is 10.5. The number of benzene rings is 2. The lowest BCUT2D eigenvalue weighted by molar-refractivity contribution is -0.118. The molecule has 1 heterocycles. The monoisotopic (exact) mass is 362 g/mol. The number of carbonyl (C=O) groups is 2. The first kappa shape index (κ1) is 18.4. The predicted molar refractivity (Wildman–Crippen MR) is 103 cm³/mol. The minimum atomic E-state index is -0.421. The summed E-state index contributed by atoms with van der Waals surface area (Å²) >= 11 is 0. The molecule has 6 nitrogen and oxygen atoms in total. The second kappa shape index (κ2) is 8.80. The van der Waals surface area contributed by atoms with Crippen LogP contribution in [0.1, 0.15) is 27.9 Å². The fraction of sp³-hybridized carbons (Fsp3) is 0.190. The zero-order chi connectivity index (χ0) is 19.1. The summed E-state index contributed by atoms with van der Waals surface area (Å²) in [4.78, 5) is 25.8. The Hall–Kier alpha value is -3.41. The van der Waals surface area contributed by atoms with Crippen LogP contribution in [0.4, 0.5) is 0 Å². The Morgan fingerprint density at radius 1 is 0.963 bits per heavy atom. The lowest BCUT2D eigenvalue weighted by atomic mass is 10.1. The van der Waals surface area contributed by atoms with Crippen LogP contribution in [0.25, 0.3) is 0 Å². The molecule has 0 saturated carbocycles. The summed E-state index contributed by atoms with van der Waals surface area (Å²) in [5.41, 5.74) is 7.92. The van der Waals surface area contributed by atoms with E-state index >= 15 is 0 Å². The first-order chi connectivity index (χ1) is 13.1. The maximum atomic E-state index is 12.9. The van der Waals surface area contributed by atoms with E-state index in [9.17, 15) is 9.59 Å². The van der Waals surface area contributed by atoms with Crippen LogP contribution in [0, 0.1) is 0 Å². The van der Waals surface area contributed by atoms with Crippen LogP contribution in [0.3, 0.4) is 0 Å². The van der Waals surface area contributed by atoms with Crippen molar-refractivity contribution in [2.75, 3.05) is 6.54 Å². The molecule has 0 bridgehead atoms.